The van der Waals surface area contributed by atoms with Gasteiger partial charge in [0, 0.05) is 6.04 Å². The maximum atomic E-state index is 10.4. The number of carboxylic acids is 1. The minimum atomic E-state index is -0.719. The van der Waals surface area contributed by atoms with E-state index in [-0.39, 0.29) is 19.0 Å². The monoisotopic (exact) mass is 207 g/mol. The van der Waals surface area contributed by atoms with Crippen molar-refractivity contribution in [3.63, 3.8) is 0 Å². The van der Waals surface area contributed by atoms with Crippen LogP contribution in [0.5, 0.6) is 0 Å². The van der Waals surface area contributed by atoms with Gasteiger partial charge in [-0.3, -0.25) is 9.69 Å². The number of hydrogen-bond acceptors (Lipinski definition) is 2. The first-order valence-electron chi connectivity index (χ1n) is 4.62. The molecule has 1 aliphatic carbocycles. The van der Waals surface area contributed by atoms with Gasteiger partial charge in [0.1, 0.15) is 0 Å². The van der Waals surface area contributed by atoms with Crippen LogP contribution in [0.2, 0.25) is 0 Å². The smallest absolute Gasteiger partial charge is 0.317 e. The van der Waals surface area contributed by atoms with E-state index in [9.17, 15) is 4.79 Å². The Morgan fingerprint density at radius 1 is 1.38 bits per heavy atom. The van der Waals surface area contributed by atoms with Crippen LogP contribution in [-0.4, -0.2) is 35.6 Å². The Morgan fingerprint density at radius 2 is 1.92 bits per heavy atom. The van der Waals surface area contributed by atoms with E-state index in [1.54, 1.807) is 0 Å². The fourth-order valence-corrected chi connectivity index (χ4v) is 1.86. The molecule has 0 spiro atoms. The van der Waals surface area contributed by atoms with Crippen LogP contribution in [0, 0.1) is 0 Å². The van der Waals surface area contributed by atoms with E-state index in [0.717, 1.165) is 0 Å². The molecule has 78 valence electrons. The van der Waals surface area contributed by atoms with Crippen molar-refractivity contribution in [3.05, 3.63) is 0 Å². The van der Waals surface area contributed by atoms with Crippen molar-refractivity contribution in [1.29, 1.82) is 0 Å². The van der Waals surface area contributed by atoms with Crippen LogP contribution >= 0.6 is 12.4 Å². The van der Waals surface area contributed by atoms with Gasteiger partial charge in [-0.25, -0.2) is 0 Å². The van der Waals surface area contributed by atoms with Crippen molar-refractivity contribution in [2.75, 3.05) is 13.6 Å². The second-order valence-electron chi connectivity index (χ2n) is 3.60. The third-order valence-corrected chi connectivity index (χ3v) is 2.58. The average Bonchev–Trinajstić information content (AvgIpc) is 2.05. The van der Waals surface area contributed by atoms with Gasteiger partial charge in [0.15, 0.2) is 0 Å². The number of likely N-dealkylation sites (N-methyl/N-ethyl adjacent to an activating group) is 1. The number of nitrogens with zero attached hydrogens (tertiary/aromatic N) is 1. The van der Waals surface area contributed by atoms with Gasteiger partial charge in [0.25, 0.3) is 0 Å². The van der Waals surface area contributed by atoms with Crippen molar-refractivity contribution in [2.45, 2.75) is 38.1 Å². The van der Waals surface area contributed by atoms with Crippen LogP contribution in [-0.2, 0) is 4.79 Å². The minimum absolute atomic E-state index is 0. The molecule has 13 heavy (non-hydrogen) atoms. The van der Waals surface area contributed by atoms with E-state index >= 15 is 0 Å². The molecule has 1 fully saturated rings. The fraction of sp³-hybridized carbons (Fsp3) is 0.889. The second kappa shape index (κ2) is 6.22. The Balaban J connectivity index is 0.00000144. The van der Waals surface area contributed by atoms with Crippen LogP contribution in [0.1, 0.15) is 32.1 Å². The zero-order chi connectivity index (χ0) is 8.97. The van der Waals surface area contributed by atoms with Crippen LogP contribution in [0.4, 0.5) is 0 Å². The highest BCUT2D eigenvalue weighted by molar-refractivity contribution is 5.85. The standard InChI is InChI=1S/C9H17NO2.ClH/c1-10(7-9(11)12)8-5-3-2-4-6-8;/h8H,2-7H2,1H3,(H,11,12);1H. The van der Waals surface area contributed by atoms with Crippen LogP contribution in [0.25, 0.3) is 0 Å². The molecule has 0 radical (unpaired) electrons. The second-order valence-corrected chi connectivity index (χ2v) is 3.60. The number of halogens is 1. The molecule has 0 bridgehead atoms. The zero-order valence-corrected chi connectivity index (χ0v) is 8.85. The molecule has 0 amide bonds. The first-order valence-corrected chi connectivity index (χ1v) is 4.62. The van der Waals surface area contributed by atoms with Gasteiger partial charge >= 0.3 is 5.97 Å². The SMILES string of the molecule is CN(CC(=O)O)C1CCCCC1.Cl. The lowest BCUT2D eigenvalue weighted by Crippen LogP contribution is -2.37. The minimum Gasteiger partial charge on any atom is -0.480 e. The molecule has 0 aliphatic heterocycles. The number of rotatable bonds is 3. The molecule has 0 saturated heterocycles. The summed E-state index contributed by atoms with van der Waals surface area (Å²) >= 11 is 0. The summed E-state index contributed by atoms with van der Waals surface area (Å²) in [4.78, 5) is 12.4. The molecule has 1 N–H and O–H groups in total. The predicted molar refractivity (Wildman–Crippen MR) is 54.4 cm³/mol. The van der Waals surface area contributed by atoms with Crippen LogP contribution < -0.4 is 0 Å². The predicted octanol–water partition coefficient (Wildman–Crippen LogP) is 1.76. The first-order chi connectivity index (χ1) is 5.70. The number of carbonyl (C=O) groups is 1. The summed E-state index contributed by atoms with van der Waals surface area (Å²) in [6.45, 7) is 0.185. The maximum absolute atomic E-state index is 10.4. The van der Waals surface area contributed by atoms with E-state index in [1.165, 1.54) is 32.1 Å². The molecular formula is C9H18ClNO2. The molecule has 0 aromatic heterocycles. The average molecular weight is 208 g/mol. The van der Waals surface area contributed by atoms with E-state index < -0.39 is 5.97 Å². The molecule has 1 rings (SSSR count). The van der Waals surface area contributed by atoms with E-state index in [0.29, 0.717) is 6.04 Å². The molecule has 0 aromatic carbocycles. The van der Waals surface area contributed by atoms with Gasteiger partial charge < -0.3 is 5.11 Å². The van der Waals surface area contributed by atoms with Gasteiger partial charge in [-0.2, -0.15) is 0 Å². The summed E-state index contributed by atoms with van der Waals surface area (Å²) in [5.74, 6) is -0.719. The fourth-order valence-electron chi connectivity index (χ4n) is 1.86. The summed E-state index contributed by atoms with van der Waals surface area (Å²) in [6.07, 6.45) is 6.17. The summed E-state index contributed by atoms with van der Waals surface area (Å²) in [5, 5.41) is 8.57. The van der Waals surface area contributed by atoms with Gasteiger partial charge in [-0.15, -0.1) is 12.4 Å². The van der Waals surface area contributed by atoms with E-state index in [2.05, 4.69) is 0 Å². The molecule has 0 unspecified atom stereocenters. The van der Waals surface area contributed by atoms with Gasteiger partial charge in [-0.05, 0) is 19.9 Å². The highest BCUT2D eigenvalue weighted by Crippen LogP contribution is 2.21. The molecule has 1 aliphatic rings. The van der Waals surface area contributed by atoms with Crippen molar-refractivity contribution in [1.82, 2.24) is 4.90 Å². The Kier molecular flexibility index (Phi) is 6.08. The number of aliphatic carboxylic acids is 1. The Hall–Kier alpha value is -0.280. The normalized spacial score (nSPS) is 18.3. The lowest BCUT2D eigenvalue weighted by Gasteiger charge is -2.29. The van der Waals surface area contributed by atoms with Crippen molar-refractivity contribution >= 4 is 18.4 Å². The molecule has 1 saturated carbocycles. The maximum Gasteiger partial charge on any atom is 0.317 e. The molecule has 0 heterocycles. The van der Waals surface area contributed by atoms with Gasteiger partial charge in [0.05, 0.1) is 6.54 Å². The number of carboxylic acid groups (broad SMARTS) is 1. The van der Waals surface area contributed by atoms with E-state index in [4.69, 9.17) is 5.11 Å². The van der Waals surface area contributed by atoms with Crippen LogP contribution in [0.3, 0.4) is 0 Å². The number of hydrogen-bond donors (Lipinski definition) is 1. The molecule has 3 nitrogen and oxygen atoms in total. The van der Waals surface area contributed by atoms with Crippen molar-refractivity contribution in [2.24, 2.45) is 0 Å². The molecular weight excluding hydrogens is 190 g/mol. The third-order valence-electron chi connectivity index (χ3n) is 2.58. The summed E-state index contributed by atoms with van der Waals surface area (Å²) < 4.78 is 0. The molecule has 0 aromatic rings. The Morgan fingerprint density at radius 3 is 2.38 bits per heavy atom. The highest BCUT2D eigenvalue weighted by atomic mass is 35.5. The lowest BCUT2D eigenvalue weighted by atomic mass is 9.94. The summed E-state index contributed by atoms with van der Waals surface area (Å²) in [6, 6.07) is 0.509. The summed E-state index contributed by atoms with van der Waals surface area (Å²) in [7, 11) is 1.91. The zero-order valence-electron chi connectivity index (χ0n) is 8.03. The first kappa shape index (κ1) is 12.7. The van der Waals surface area contributed by atoms with Crippen LogP contribution in [0.15, 0.2) is 0 Å². The molecule has 0 atom stereocenters. The highest BCUT2D eigenvalue weighted by Gasteiger charge is 2.18. The lowest BCUT2D eigenvalue weighted by molar-refractivity contribution is -0.138. The quantitative estimate of drug-likeness (QED) is 0.767. The van der Waals surface area contributed by atoms with Gasteiger partial charge in [-0.1, -0.05) is 19.3 Å². The van der Waals surface area contributed by atoms with Crippen molar-refractivity contribution in [3.8, 4) is 0 Å². The third kappa shape index (κ3) is 4.48. The van der Waals surface area contributed by atoms with E-state index in [1.807, 2.05) is 11.9 Å². The largest absolute Gasteiger partial charge is 0.480 e. The Bertz CT molecular complexity index is 158. The Labute approximate surface area is 85.5 Å². The van der Waals surface area contributed by atoms with Gasteiger partial charge in [0.2, 0.25) is 0 Å². The van der Waals surface area contributed by atoms with Crippen molar-refractivity contribution < 1.29 is 9.90 Å². The molecule has 4 heteroatoms. The topological polar surface area (TPSA) is 40.5 Å². The summed E-state index contributed by atoms with van der Waals surface area (Å²) in [5.41, 5.74) is 0.